The molecular formula is C27H35N3O4. The molecule has 0 radical (unpaired) electrons. The summed E-state index contributed by atoms with van der Waals surface area (Å²) in [4.78, 5) is 34.5. The molecular weight excluding hydrogens is 430 g/mol. The normalized spacial score (nSPS) is 18.7. The summed E-state index contributed by atoms with van der Waals surface area (Å²) in [5.41, 5.74) is 1.22. The van der Waals surface area contributed by atoms with Crippen LogP contribution in [0, 0.1) is 0 Å². The minimum atomic E-state index is -0.605. The largest absolute Gasteiger partial charge is 0.445 e. The average molecular weight is 466 g/mol. The second kappa shape index (κ2) is 10.5. The molecule has 1 unspecified atom stereocenters. The Balaban J connectivity index is 1.59. The molecule has 1 aromatic heterocycles. The van der Waals surface area contributed by atoms with Gasteiger partial charge in [0.05, 0.1) is 6.04 Å². The van der Waals surface area contributed by atoms with E-state index < -0.39 is 5.60 Å². The molecule has 1 saturated carbocycles. The second-order valence-corrected chi connectivity index (χ2v) is 10.1. The van der Waals surface area contributed by atoms with Crippen LogP contribution in [0.3, 0.4) is 0 Å². The molecule has 0 spiro atoms. The first kappa shape index (κ1) is 24.0. The van der Waals surface area contributed by atoms with Crippen LogP contribution < -0.4 is 4.90 Å². The van der Waals surface area contributed by atoms with Crippen LogP contribution in [0.1, 0.15) is 76.5 Å². The van der Waals surface area contributed by atoms with E-state index in [0.717, 1.165) is 49.7 Å². The molecule has 182 valence electrons. The van der Waals surface area contributed by atoms with E-state index in [0.29, 0.717) is 12.4 Å². The van der Waals surface area contributed by atoms with E-state index in [1.54, 1.807) is 16.0 Å². The van der Waals surface area contributed by atoms with Crippen molar-refractivity contribution in [3.8, 4) is 0 Å². The summed E-state index contributed by atoms with van der Waals surface area (Å²) in [5, 5.41) is 0. The van der Waals surface area contributed by atoms with Crippen molar-refractivity contribution in [2.45, 2.75) is 83.6 Å². The van der Waals surface area contributed by atoms with Gasteiger partial charge in [0.1, 0.15) is 18.0 Å². The lowest BCUT2D eigenvalue weighted by atomic mass is 9.90. The number of pyridine rings is 1. The lowest BCUT2D eigenvalue weighted by Crippen LogP contribution is -2.48. The molecule has 34 heavy (non-hydrogen) atoms. The fourth-order valence-electron chi connectivity index (χ4n) is 4.51. The molecule has 1 aliphatic heterocycles. The number of carbonyl (C=O) groups is 2. The highest BCUT2D eigenvalue weighted by molar-refractivity contribution is 5.88. The molecule has 7 heteroatoms. The molecule has 1 atom stereocenters. The van der Waals surface area contributed by atoms with Crippen LogP contribution in [-0.4, -0.2) is 40.3 Å². The van der Waals surface area contributed by atoms with Gasteiger partial charge in [0.2, 0.25) is 0 Å². The number of hydrogen-bond donors (Lipinski definition) is 0. The quantitative estimate of drug-likeness (QED) is 0.523. The fourth-order valence-corrected chi connectivity index (χ4v) is 4.51. The Labute approximate surface area is 202 Å². The predicted octanol–water partition coefficient (Wildman–Crippen LogP) is 6.24. The van der Waals surface area contributed by atoms with Crippen molar-refractivity contribution in [1.82, 2.24) is 9.88 Å². The molecule has 7 nitrogen and oxygen atoms in total. The third-order valence-electron chi connectivity index (χ3n) is 6.38. The Morgan fingerprint density at radius 2 is 1.79 bits per heavy atom. The molecule has 1 aromatic carbocycles. The van der Waals surface area contributed by atoms with Gasteiger partial charge in [-0.3, -0.25) is 4.90 Å². The van der Waals surface area contributed by atoms with Crippen LogP contribution in [-0.2, 0) is 16.1 Å². The van der Waals surface area contributed by atoms with Gasteiger partial charge in [-0.1, -0.05) is 36.4 Å². The minimum absolute atomic E-state index is 0.0607. The van der Waals surface area contributed by atoms with Crippen LogP contribution in [0.4, 0.5) is 15.4 Å². The van der Waals surface area contributed by atoms with E-state index in [-0.39, 0.29) is 30.9 Å². The average Bonchev–Trinajstić information content (AvgIpc) is 2.79. The number of likely N-dealkylation sites (tertiary alicyclic amines) is 1. The molecule has 4 rings (SSSR count). The van der Waals surface area contributed by atoms with E-state index in [2.05, 4.69) is 4.98 Å². The Bertz CT molecular complexity index is 985. The number of aromatic nitrogens is 1. The van der Waals surface area contributed by atoms with E-state index >= 15 is 0 Å². The maximum atomic E-state index is 13.3. The number of carbonyl (C=O) groups excluding carboxylic acids is 2. The third kappa shape index (κ3) is 5.69. The first-order valence-electron chi connectivity index (χ1n) is 12.3. The number of hydrogen-bond acceptors (Lipinski definition) is 5. The van der Waals surface area contributed by atoms with E-state index in [9.17, 15) is 9.59 Å². The van der Waals surface area contributed by atoms with Gasteiger partial charge in [-0.15, -0.1) is 0 Å². The number of benzene rings is 1. The molecule has 2 fully saturated rings. The molecule has 2 amide bonds. The van der Waals surface area contributed by atoms with Crippen molar-refractivity contribution in [1.29, 1.82) is 0 Å². The molecule has 0 bridgehead atoms. The maximum absolute atomic E-state index is 13.3. The first-order chi connectivity index (χ1) is 16.3. The second-order valence-electron chi connectivity index (χ2n) is 10.1. The molecule has 2 aromatic rings. The number of piperidine rings is 1. The van der Waals surface area contributed by atoms with Gasteiger partial charge in [0, 0.05) is 24.3 Å². The zero-order valence-corrected chi connectivity index (χ0v) is 20.4. The molecule has 1 aliphatic carbocycles. The third-order valence-corrected chi connectivity index (χ3v) is 6.38. The number of rotatable bonds is 5. The Morgan fingerprint density at radius 1 is 1.03 bits per heavy atom. The van der Waals surface area contributed by atoms with Crippen LogP contribution in [0.5, 0.6) is 0 Å². The summed E-state index contributed by atoms with van der Waals surface area (Å²) in [5.74, 6) is 0.592. The van der Waals surface area contributed by atoms with Gasteiger partial charge in [0.25, 0.3) is 0 Å². The standard InChI is InChI=1S/C27H35N3O4/c1-27(2,3)34-26(32)30(21-13-9-14-21)24-22(15-10-17-28-24)23-16-7-8-18-29(23)25(31)33-19-20-11-5-4-6-12-20/h4-6,10-12,15,17,21,23H,7-9,13-14,16,18-19H2,1-3H3. The summed E-state index contributed by atoms with van der Waals surface area (Å²) in [7, 11) is 0. The summed E-state index contributed by atoms with van der Waals surface area (Å²) >= 11 is 0. The van der Waals surface area contributed by atoms with Crippen molar-refractivity contribution < 1.29 is 19.1 Å². The summed E-state index contributed by atoms with van der Waals surface area (Å²) < 4.78 is 11.4. The van der Waals surface area contributed by atoms with Crippen molar-refractivity contribution >= 4 is 18.0 Å². The van der Waals surface area contributed by atoms with E-state index in [4.69, 9.17) is 9.47 Å². The molecule has 2 aliphatic rings. The smallest absolute Gasteiger partial charge is 0.416 e. The van der Waals surface area contributed by atoms with Crippen molar-refractivity contribution in [2.24, 2.45) is 0 Å². The number of ether oxygens (including phenoxy) is 2. The minimum Gasteiger partial charge on any atom is -0.445 e. The van der Waals surface area contributed by atoms with Gasteiger partial charge in [0.15, 0.2) is 0 Å². The van der Waals surface area contributed by atoms with Gasteiger partial charge in [-0.25, -0.2) is 14.6 Å². The number of amides is 2. The van der Waals surface area contributed by atoms with Crippen LogP contribution in [0.2, 0.25) is 0 Å². The fraction of sp³-hybridized carbons (Fsp3) is 0.519. The lowest BCUT2D eigenvalue weighted by molar-refractivity contribution is 0.0545. The van der Waals surface area contributed by atoms with E-state index in [1.807, 2.05) is 63.2 Å². The lowest BCUT2D eigenvalue weighted by Gasteiger charge is -2.41. The Hall–Kier alpha value is -3.09. The van der Waals surface area contributed by atoms with Crippen molar-refractivity contribution in [2.75, 3.05) is 11.4 Å². The van der Waals surface area contributed by atoms with Gasteiger partial charge >= 0.3 is 12.2 Å². The Kier molecular flexibility index (Phi) is 7.39. The molecule has 1 saturated heterocycles. The molecule has 2 heterocycles. The Morgan fingerprint density at radius 3 is 2.47 bits per heavy atom. The highest BCUT2D eigenvalue weighted by Crippen LogP contribution is 2.39. The van der Waals surface area contributed by atoms with Gasteiger partial charge in [-0.2, -0.15) is 0 Å². The zero-order chi connectivity index (χ0) is 24.1. The van der Waals surface area contributed by atoms with Crippen molar-refractivity contribution in [3.63, 3.8) is 0 Å². The summed E-state index contributed by atoms with van der Waals surface area (Å²) in [6.45, 7) is 6.45. The first-order valence-corrected chi connectivity index (χ1v) is 12.3. The highest BCUT2D eigenvalue weighted by Gasteiger charge is 2.38. The topological polar surface area (TPSA) is 72.0 Å². The maximum Gasteiger partial charge on any atom is 0.416 e. The number of anilines is 1. The van der Waals surface area contributed by atoms with E-state index in [1.165, 1.54) is 0 Å². The van der Waals surface area contributed by atoms with Gasteiger partial charge in [-0.05, 0) is 70.9 Å². The summed E-state index contributed by atoms with van der Waals surface area (Å²) in [6, 6.07) is 13.4. The summed E-state index contributed by atoms with van der Waals surface area (Å²) in [6.07, 6.45) is 6.62. The van der Waals surface area contributed by atoms with Crippen LogP contribution in [0.15, 0.2) is 48.7 Å². The van der Waals surface area contributed by atoms with Crippen LogP contribution >= 0.6 is 0 Å². The SMILES string of the molecule is CC(C)(C)OC(=O)N(c1ncccc1C1CCCCN1C(=O)OCc1ccccc1)C1CCC1. The monoisotopic (exact) mass is 465 g/mol. The predicted molar refractivity (Wildman–Crippen MR) is 131 cm³/mol. The molecule has 0 N–H and O–H groups in total. The van der Waals surface area contributed by atoms with Crippen molar-refractivity contribution in [3.05, 3.63) is 59.8 Å². The zero-order valence-electron chi connectivity index (χ0n) is 20.4. The van der Waals surface area contributed by atoms with Gasteiger partial charge < -0.3 is 14.4 Å². The van der Waals surface area contributed by atoms with Crippen LogP contribution in [0.25, 0.3) is 0 Å². The highest BCUT2D eigenvalue weighted by atomic mass is 16.6. The number of nitrogens with zero attached hydrogens (tertiary/aromatic N) is 3.